The predicted octanol–water partition coefficient (Wildman–Crippen LogP) is 2.91. The first-order valence-corrected chi connectivity index (χ1v) is 6.88. The van der Waals surface area contributed by atoms with Crippen LogP contribution in [0.25, 0.3) is 0 Å². The summed E-state index contributed by atoms with van der Waals surface area (Å²) < 4.78 is 0. The highest BCUT2D eigenvalue weighted by atomic mass is 32.1. The molecule has 2 saturated carbocycles. The van der Waals surface area contributed by atoms with E-state index < -0.39 is 0 Å². The summed E-state index contributed by atoms with van der Waals surface area (Å²) in [5.74, 6) is 1.75. The van der Waals surface area contributed by atoms with Gasteiger partial charge in [0.2, 0.25) is 0 Å². The molecule has 1 heterocycles. The first-order chi connectivity index (χ1) is 7.33. The molecule has 82 valence electrons. The Balaban J connectivity index is 1.52. The van der Waals surface area contributed by atoms with Crippen molar-refractivity contribution in [3.05, 3.63) is 16.1 Å². The van der Waals surface area contributed by atoms with Crippen molar-refractivity contribution in [3.8, 4) is 0 Å². The van der Waals surface area contributed by atoms with E-state index in [9.17, 15) is 0 Å². The lowest BCUT2D eigenvalue weighted by Crippen LogP contribution is -2.27. The Morgan fingerprint density at radius 1 is 1.47 bits per heavy atom. The smallest absolute Gasteiger partial charge is 0.0959 e. The van der Waals surface area contributed by atoms with Crippen LogP contribution in [-0.2, 0) is 6.54 Å². The van der Waals surface area contributed by atoms with Gasteiger partial charge in [-0.25, -0.2) is 4.98 Å². The number of hydrogen-bond acceptors (Lipinski definition) is 3. The molecule has 3 rings (SSSR count). The van der Waals surface area contributed by atoms with Crippen molar-refractivity contribution < 1.29 is 0 Å². The molecule has 1 N–H and O–H groups in total. The van der Waals surface area contributed by atoms with Gasteiger partial charge in [0.05, 0.1) is 10.7 Å². The van der Waals surface area contributed by atoms with Crippen molar-refractivity contribution >= 4 is 11.3 Å². The summed E-state index contributed by atoms with van der Waals surface area (Å²) in [4.78, 5) is 4.68. The monoisotopic (exact) mass is 222 g/mol. The number of nitrogens with one attached hydrogen (secondary N) is 1. The molecule has 2 fully saturated rings. The van der Waals surface area contributed by atoms with E-state index in [1.54, 1.807) is 0 Å². The third-order valence-corrected chi connectivity index (χ3v) is 4.49. The van der Waals surface area contributed by atoms with Gasteiger partial charge in [-0.05, 0) is 38.5 Å². The minimum absolute atomic E-state index is 0.677. The Bertz CT molecular complexity index is 339. The van der Waals surface area contributed by atoms with E-state index in [-0.39, 0.29) is 0 Å². The van der Waals surface area contributed by atoms with Gasteiger partial charge in [0, 0.05) is 23.9 Å². The topological polar surface area (TPSA) is 24.9 Å². The van der Waals surface area contributed by atoms with Gasteiger partial charge in [-0.15, -0.1) is 11.3 Å². The van der Waals surface area contributed by atoms with Gasteiger partial charge in [0.1, 0.15) is 0 Å². The molecule has 3 heteroatoms. The lowest BCUT2D eigenvalue weighted by molar-refractivity contribution is 0.493. The van der Waals surface area contributed by atoms with E-state index in [0.29, 0.717) is 6.04 Å². The van der Waals surface area contributed by atoms with Gasteiger partial charge < -0.3 is 5.32 Å². The van der Waals surface area contributed by atoms with Crippen molar-refractivity contribution in [3.63, 3.8) is 0 Å². The van der Waals surface area contributed by atoms with Crippen LogP contribution in [0.5, 0.6) is 0 Å². The fraction of sp³-hybridized carbons (Fsp3) is 0.750. The Kier molecular flexibility index (Phi) is 2.53. The summed E-state index contributed by atoms with van der Waals surface area (Å²) in [7, 11) is 0. The van der Waals surface area contributed by atoms with Crippen LogP contribution in [0.15, 0.2) is 5.38 Å². The van der Waals surface area contributed by atoms with Crippen LogP contribution in [0.3, 0.4) is 0 Å². The highest BCUT2D eigenvalue weighted by Gasteiger charge is 2.28. The largest absolute Gasteiger partial charge is 0.308 e. The number of nitrogens with zero attached hydrogens (tertiary/aromatic N) is 1. The van der Waals surface area contributed by atoms with Gasteiger partial charge in [0.25, 0.3) is 0 Å². The zero-order valence-corrected chi connectivity index (χ0v) is 10.0. The number of thiazole rings is 1. The maximum atomic E-state index is 4.68. The zero-order valence-electron chi connectivity index (χ0n) is 9.20. The zero-order chi connectivity index (χ0) is 10.3. The van der Waals surface area contributed by atoms with Crippen LogP contribution >= 0.6 is 11.3 Å². The SMILES string of the molecule is CC(NCc1csc(C2CC2)n1)C1CC1. The first kappa shape index (κ1) is 9.79. The molecule has 2 aliphatic rings. The Labute approximate surface area is 95.1 Å². The second-order valence-corrected chi connectivity index (χ2v) is 5.85. The van der Waals surface area contributed by atoms with Crippen molar-refractivity contribution in [1.29, 1.82) is 0 Å². The molecular weight excluding hydrogens is 204 g/mol. The van der Waals surface area contributed by atoms with Gasteiger partial charge in [-0.3, -0.25) is 0 Å². The summed E-state index contributed by atoms with van der Waals surface area (Å²) in [5, 5.41) is 7.17. The highest BCUT2D eigenvalue weighted by molar-refractivity contribution is 7.09. The lowest BCUT2D eigenvalue weighted by Gasteiger charge is -2.10. The fourth-order valence-electron chi connectivity index (χ4n) is 1.95. The molecule has 1 atom stereocenters. The normalized spacial score (nSPS) is 23.0. The maximum Gasteiger partial charge on any atom is 0.0959 e. The summed E-state index contributed by atoms with van der Waals surface area (Å²) in [6.07, 6.45) is 5.55. The first-order valence-electron chi connectivity index (χ1n) is 6.00. The van der Waals surface area contributed by atoms with Crippen LogP contribution in [0.2, 0.25) is 0 Å². The summed E-state index contributed by atoms with van der Waals surface area (Å²) in [6, 6.07) is 0.677. The minimum Gasteiger partial charge on any atom is -0.308 e. The molecule has 0 bridgehead atoms. The van der Waals surface area contributed by atoms with Crippen LogP contribution in [-0.4, -0.2) is 11.0 Å². The van der Waals surface area contributed by atoms with Gasteiger partial charge >= 0.3 is 0 Å². The molecule has 0 radical (unpaired) electrons. The van der Waals surface area contributed by atoms with Crippen LogP contribution in [0, 0.1) is 5.92 Å². The quantitative estimate of drug-likeness (QED) is 0.828. The van der Waals surface area contributed by atoms with Gasteiger partial charge in [0.15, 0.2) is 0 Å². The van der Waals surface area contributed by atoms with Crippen molar-refractivity contribution in [2.75, 3.05) is 0 Å². The molecule has 2 aliphatic carbocycles. The lowest BCUT2D eigenvalue weighted by atomic mass is 10.2. The second-order valence-electron chi connectivity index (χ2n) is 4.96. The summed E-state index contributed by atoms with van der Waals surface area (Å²) >= 11 is 1.84. The Morgan fingerprint density at radius 3 is 2.93 bits per heavy atom. The van der Waals surface area contributed by atoms with E-state index in [0.717, 1.165) is 18.4 Å². The van der Waals surface area contributed by atoms with E-state index in [2.05, 4.69) is 22.6 Å². The van der Waals surface area contributed by atoms with Crippen LogP contribution < -0.4 is 5.32 Å². The van der Waals surface area contributed by atoms with Crippen molar-refractivity contribution in [1.82, 2.24) is 10.3 Å². The standard InChI is InChI=1S/C12H18N2S/c1-8(9-2-3-9)13-6-11-7-15-12(14-11)10-4-5-10/h7-10,13H,2-6H2,1H3. The fourth-order valence-corrected chi connectivity index (χ4v) is 2.94. The molecule has 0 saturated heterocycles. The molecule has 0 spiro atoms. The van der Waals surface area contributed by atoms with Crippen molar-refractivity contribution in [2.45, 2.75) is 51.1 Å². The number of rotatable bonds is 5. The summed E-state index contributed by atoms with van der Waals surface area (Å²) in [6.45, 7) is 3.26. The third kappa shape index (κ3) is 2.40. The van der Waals surface area contributed by atoms with Gasteiger partial charge in [-0.2, -0.15) is 0 Å². The second kappa shape index (κ2) is 3.87. The predicted molar refractivity (Wildman–Crippen MR) is 63.1 cm³/mol. The molecular formula is C12H18N2S. The number of hydrogen-bond donors (Lipinski definition) is 1. The molecule has 0 aliphatic heterocycles. The van der Waals surface area contributed by atoms with Crippen molar-refractivity contribution in [2.24, 2.45) is 5.92 Å². The third-order valence-electron chi connectivity index (χ3n) is 3.43. The molecule has 2 nitrogen and oxygen atoms in total. The Morgan fingerprint density at radius 2 is 2.27 bits per heavy atom. The number of aromatic nitrogens is 1. The highest BCUT2D eigenvalue weighted by Crippen LogP contribution is 2.41. The van der Waals surface area contributed by atoms with Crippen LogP contribution in [0.4, 0.5) is 0 Å². The molecule has 1 aromatic rings. The average Bonchev–Trinajstić information content (AvgIpc) is 3.12. The van der Waals surface area contributed by atoms with E-state index in [4.69, 9.17) is 0 Å². The average molecular weight is 222 g/mol. The van der Waals surface area contributed by atoms with E-state index in [1.165, 1.54) is 36.4 Å². The van der Waals surface area contributed by atoms with Crippen LogP contribution in [0.1, 0.15) is 49.2 Å². The van der Waals surface area contributed by atoms with E-state index >= 15 is 0 Å². The van der Waals surface area contributed by atoms with E-state index in [1.807, 2.05) is 11.3 Å². The Hall–Kier alpha value is -0.410. The molecule has 0 aromatic carbocycles. The maximum absolute atomic E-state index is 4.68. The summed E-state index contributed by atoms with van der Waals surface area (Å²) in [5.41, 5.74) is 1.24. The minimum atomic E-state index is 0.677. The molecule has 1 unspecified atom stereocenters. The van der Waals surface area contributed by atoms with Gasteiger partial charge in [-0.1, -0.05) is 0 Å². The molecule has 1 aromatic heterocycles. The molecule has 0 amide bonds. The molecule has 15 heavy (non-hydrogen) atoms.